The molecule has 1 aromatic rings. The Kier molecular flexibility index (Phi) is 5.51. The minimum Gasteiger partial charge on any atom is -0.467 e. The van der Waals surface area contributed by atoms with E-state index in [2.05, 4.69) is 10.1 Å². The van der Waals surface area contributed by atoms with E-state index < -0.39 is 12.0 Å². The number of benzene rings is 1. The summed E-state index contributed by atoms with van der Waals surface area (Å²) in [5.41, 5.74) is 6.58. The third-order valence-corrected chi connectivity index (χ3v) is 2.96. The molecule has 0 heterocycles. The van der Waals surface area contributed by atoms with Crippen molar-refractivity contribution in [3.8, 4) is 0 Å². The van der Waals surface area contributed by atoms with Crippen molar-refractivity contribution in [2.45, 2.75) is 6.04 Å². The highest BCUT2D eigenvalue weighted by atomic mass is 32.2. The van der Waals surface area contributed by atoms with Crippen LogP contribution in [0.15, 0.2) is 24.3 Å². The molecule has 1 amide bonds. The fraction of sp³-hybridized carbons (Fsp3) is 0.333. The zero-order valence-corrected chi connectivity index (χ0v) is 11.1. The molecule has 1 aromatic carbocycles. The first-order chi connectivity index (χ1) is 8.58. The molecule has 0 bridgehead atoms. The molecule has 5 nitrogen and oxygen atoms in total. The van der Waals surface area contributed by atoms with Crippen molar-refractivity contribution in [2.24, 2.45) is 0 Å². The number of hydrogen-bond donors (Lipinski definition) is 2. The lowest BCUT2D eigenvalue weighted by molar-refractivity contribution is -0.142. The van der Waals surface area contributed by atoms with Gasteiger partial charge in [0.25, 0.3) is 5.91 Å². The van der Waals surface area contributed by atoms with E-state index in [4.69, 9.17) is 5.73 Å². The van der Waals surface area contributed by atoms with Gasteiger partial charge in [0.15, 0.2) is 0 Å². The van der Waals surface area contributed by atoms with Crippen LogP contribution in [0.1, 0.15) is 10.4 Å². The molecule has 3 N–H and O–H groups in total. The normalized spacial score (nSPS) is 11.7. The van der Waals surface area contributed by atoms with Crippen molar-refractivity contribution in [3.05, 3.63) is 29.8 Å². The van der Waals surface area contributed by atoms with E-state index in [1.165, 1.54) is 18.9 Å². The van der Waals surface area contributed by atoms with Crippen molar-refractivity contribution >= 4 is 29.3 Å². The Morgan fingerprint density at radius 2 is 2.00 bits per heavy atom. The lowest BCUT2D eigenvalue weighted by Crippen LogP contribution is -2.43. The van der Waals surface area contributed by atoms with Gasteiger partial charge in [0.05, 0.1) is 7.11 Å². The van der Waals surface area contributed by atoms with Crippen LogP contribution in [0.3, 0.4) is 0 Å². The quantitative estimate of drug-likeness (QED) is 0.612. The number of ether oxygens (including phenoxy) is 1. The van der Waals surface area contributed by atoms with Crippen molar-refractivity contribution < 1.29 is 14.3 Å². The van der Waals surface area contributed by atoms with Gasteiger partial charge in [0.2, 0.25) is 0 Å². The van der Waals surface area contributed by atoms with Gasteiger partial charge in [-0.3, -0.25) is 4.79 Å². The van der Waals surface area contributed by atoms with Crippen LogP contribution in [0.5, 0.6) is 0 Å². The Morgan fingerprint density at radius 3 is 2.50 bits per heavy atom. The minimum atomic E-state index is -0.643. The summed E-state index contributed by atoms with van der Waals surface area (Å²) < 4.78 is 4.63. The lowest BCUT2D eigenvalue weighted by atomic mass is 10.2. The maximum Gasteiger partial charge on any atom is 0.329 e. The summed E-state index contributed by atoms with van der Waals surface area (Å²) in [6.07, 6.45) is 1.85. The number of hydrogen-bond acceptors (Lipinski definition) is 5. The van der Waals surface area contributed by atoms with Crippen molar-refractivity contribution in [1.29, 1.82) is 0 Å². The number of anilines is 1. The molecule has 0 aliphatic carbocycles. The lowest BCUT2D eigenvalue weighted by Gasteiger charge is -2.15. The molecular weight excluding hydrogens is 252 g/mol. The second-order valence-corrected chi connectivity index (χ2v) is 4.54. The molecule has 18 heavy (non-hydrogen) atoms. The molecule has 0 unspecified atom stereocenters. The summed E-state index contributed by atoms with van der Waals surface area (Å²) in [6, 6.07) is 5.85. The Labute approximate surface area is 110 Å². The van der Waals surface area contributed by atoms with E-state index in [1.54, 1.807) is 24.3 Å². The van der Waals surface area contributed by atoms with Crippen molar-refractivity contribution in [2.75, 3.05) is 24.9 Å². The Morgan fingerprint density at radius 1 is 1.39 bits per heavy atom. The molecule has 98 valence electrons. The van der Waals surface area contributed by atoms with Gasteiger partial charge in [-0.05, 0) is 30.5 Å². The number of carbonyl (C=O) groups excluding carboxylic acids is 2. The molecule has 0 saturated heterocycles. The molecule has 0 fully saturated rings. The summed E-state index contributed by atoms with van der Waals surface area (Å²) in [5, 5.41) is 2.63. The Hall–Kier alpha value is -1.69. The number of carbonyl (C=O) groups is 2. The average Bonchev–Trinajstić information content (AvgIpc) is 2.38. The molecule has 0 radical (unpaired) electrons. The second kappa shape index (κ2) is 6.90. The van der Waals surface area contributed by atoms with Gasteiger partial charge in [0.1, 0.15) is 6.04 Å². The predicted octanol–water partition coefficient (Wildman–Crippen LogP) is 0.903. The smallest absolute Gasteiger partial charge is 0.329 e. The molecule has 1 atom stereocenters. The van der Waals surface area contributed by atoms with Crippen LogP contribution >= 0.6 is 11.8 Å². The zero-order chi connectivity index (χ0) is 13.5. The van der Waals surface area contributed by atoms with Crippen LogP contribution in [0.2, 0.25) is 0 Å². The molecule has 0 aliphatic rings. The highest BCUT2D eigenvalue weighted by molar-refractivity contribution is 7.98. The second-order valence-electron chi connectivity index (χ2n) is 3.63. The van der Waals surface area contributed by atoms with Crippen LogP contribution in [-0.2, 0) is 9.53 Å². The number of nitrogens with two attached hydrogens (primary N) is 1. The summed E-state index contributed by atoms with van der Waals surface area (Å²) in [6.45, 7) is 0. The van der Waals surface area contributed by atoms with Crippen molar-refractivity contribution in [1.82, 2.24) is 5.32 Å². The standard InChI is InChI=1S/C12H16N2O3S/c1-17-12(16)10(7-18-2)14-11(15)8-3-5-9(13)6-4-8/h3-6,10H,7,13H2,1-2H3,(H,14,15)/t10-/m0/s1. The number of rotatable bonds is 5. The molecule has 1 rings (SSSR count). The highest BCUT2D eigenvalue weighted by Gasteiger charge is 2.21. The van der Waals surface area contributed by atoms with E-state index in [0.717, 1.165) is 0 Å². The third-order valence-electron chi connectivity index (χ3n) is 2.30. The number of amides is 1. The predicted molar refractivity (Wildman–Crippen MR) is 72.5 cm³/mol. The van der Waals surface area contributed by atoms with Gasteiger partial charge in [-0.1, -0.05) is 0 Å². The number of nitrogen functional groups attached to an aromatic ring is 1. The van der Waals surface area contributed by atoms with Crippen LogP contribution in [0.4, 0.5) is 5.69 Å². The summed E-state index contributed by atoms with van der Waals surface area (Å²) in [5.74, 6) is -0.305. The number of thioether (sulfide) groups is 1. The monoisotopic (exact) mass is 268 g/mol. The first-order valence-electron chi connectivity index (χ1n) is 5.31. The van der Waals surface area contributed by atoms with Gasteiger partial charge in [0, 0.05) is 17.0 Å². The Bertz CT molecular complexity index is 420. The van der Waals surface area contributed by atoms with E-state index in [0.29, 0.717) is 17.0 Å². The van der Waals surface area contributed by atoms with Gasteiger partial charge < -0.3 is 15.8 Å². The zero-order valence-electron chi connectivity index (χ0n) is 10.3. The van der Waals surface area contributed by atoms with Crippen LogP contribution in [0, 0.1) is 0 Å². The number of methoxy groups -OCH3 is 1. The molecule has 0 spiro atoms. The molecular formula is C12H16N2O3S. The van der Waals surface area contributed by atoms with E-state index in [1.807, 2.05) is 6.26 Å². The first kappa shape index (κ1) is 14.4. The van der Waals surface area contributed by atoms with Crippen LogP contribution in [-0.4, -0.2) is 37.0 Å². The Balaban J connectivity index is 2.71. The van der Waals surface area contributed by atoms with Gasteiger partial charge in [-0.15, -0.1) is 0 Å². The average molecular weight is 268 g/mol. The maximum atomic E-state index is 11.9. The maximum absolute atomic E-state index is 11.9. The van der Waals surface area contributed by atoms with E-state index in [9.17, 15) is 9.59 Å². The summed E-state index contributed by atoms with van der Waals surface area (Å²) >= 11 is 1.46. The topological polar surface area (TPSA) is 81.4 Å². The first-order valence-corrected chi connectivity index (χ1v) is 6.71. The molecule has 0 aromatic heterocycles. The fourth-order valence-corrected chi connectivity index (χ4v) is 1.91. The number of nitrogens with one attached hydrogen (secondary N) is 1. The minimum absolute atomic E-state index is 0.320. The highest BCUT2D eigenvalue weighted by Crippen LogP contribution is 2.07. The molecule has 0 aliphatic heterocycles. The molecule has 6 heteroatoms. The van der Waals surface area contributed by atoms with Crippen molar-refractivity contribution in [3.63, 3.8) is 0 Å². The number of esters is 1. The fourth-order valence-electron chi connectivity index (χ4n) is 1.35. The SMILES string of the molecule is COC(=O)[C@H](CSC)NC(=O)c1ccc(N)cc1. The largest absolute Gasteiger partial charge is 0.467 e. The van der Waals surface area contributed by atoms with Gasteiger partial charge >= 0.3 is 5.97 Å². The van der Waals surface area contributed by atoms with E-state index >= 15 is 0 Å². The third kappa shape index (κ3) is 3.96. The summed E-state index contributed by atoms with van der Waals surface area (Å²) in [7, 11) is 1.30. The van der Waals surface area contributed by atoms with Gasteiger partial charge in [-0.25, -0.2) is 4.79 Å². The summed E-state index contributed by atoms with van der Waals surface area (Å²) in [4.78, 5) is 23.3. The van der Waals surface area contributed by atoms with Crippen LogP contribution < -0.4 is 11.1 Å². The molecule has 0 saturated carbocycles. The van der Waals surface area contributed by atoms with Gasteiger partial charge in [-0.2, -0.15) is 11.8 Å². The van der Waals surface area contributed by atoms with Crippen LogP contribution in [0.25, 0.3) is 0 Å². The van der Waals surface area contributed by atoms with E-state index in [-0.39, 0.29) is 5.91 Å².